The Morgan fingerprint density at radius 3 is 2.39 bits per heavy atom. The molecule has 2 aromatic carbocycles. The van der Waals surface area contributed by atoms with Gasteiger partial charge < -0.3 is 14.7 Å². The van der Waals surface area contributed by atoms with Gasteiger partial charge in [0.2, 0.25) is 11.8 Å². The number of thiophene rings is 1. The van der Waals surface area contributed by atoms with Crippen LogP contribution in [0.3, 0.4) is 0 Å². The fourth-order valence-corrected chi connectivity index (χ4v) is 5.18. The zero-order chi connectivity index (χ0) is 21.4. The van der Waals surface area contributed by atoms with Crippen LogP contribution in [0.25, 0.3) is 10.8 Å². The van der Waals surface area contributed by atoms with Gasteiger partial charge in [-0.2, -0.15) is 0 Å². The summed E-state index contributed by atoms with van der Waals surface area (Å²) in [6.45, 7) is 2.47. The summed E-state index contributed by atoms with van der Waals surface area (Å²) in [6.07, 6.45) is 0.233. The summed E-state index contributed by atoms with van der Waals surface area (Å²) in [7, 11) is 0. The Labute approximate surface area is 184 Å². The maximum absolute atomic E-state index is 13.1. The topological polar surface area (TPSA) is 60.9 Å². The lowest BCUT2D eigenvalue weighted by molar-refractivity contribution is -0.137. The van der Waals surface area contributed by atoms with Crippen LogP contribution in [0.1, 0.15) is 16.1 Å². The molecule has 31 heavy (non-hydrogen) atoms. The number of anilines is 1. The summed E-state index contributed by atoms with van der Waals surface area (Å²) in [4.78, 5) is 44.5. The molecule has 5 rings (SSSR count). The maximum Gasteiger partial charge on any atom is 0.264 e. The molecule has 0 bridgehead atoms. The molecule has 158 valence electrons. The second-order valence-corrected chi connectivity index (χ2v) is 8.95. The lowest BCUT2D eigenvalue weighted by atomic mass is 10.1. The van der Waals surface area contributed by atoms with Crippen LogP contribution in [0.5, 0.6) is 0 Å². The molecule has 2 fully saturated rings. The van der Waals surface area contributed by atoms with Gasteiger partial charge in [-0.1, -0.05) is 42.5 Å². The first kappa shape index (κ1) is 19.8. The van der Waals surface area contributed by atoms with Crippen LogP contribution in [0, 0.1) is 5.92 Å². The average molecular weight is 434 g/mol. The second-order valence-electron chi connectivity index (χ2n) is 8.00. The lowest BCUT2D eigenvalue weighted by Gasteiger charge is -2.35. The van der Waals surface area contributed by atoms with E-state index in [1.807, 2.05) is 64.9 Å². The first-order chi connectivity index (χ1) is 15.1. The van der Waals surface area contributed by atoms with Crippen LogP contribution in [0.15, 0.2) is 60.0 Å². The van der Waals surface area contributed by atoms with E-state index in [0.29, 0.717) is 32.7 Å². The molecule has 2 aliphatic rings. The quantitative estimate of drug-likeness (QED) is 0.637. The molecule has 7 heteroatoms. The summed E-state index contributed by atoms with van der Waals surface area (Å²) in [5.41, 5.74) is 0.866. The van der Waals surface area contributed by atoms with E-state index in [4.69, 9.17) is 0 Å². The molecule has 0 spiro atoms. The van der Waals surface area contributed by atoms with E-state index in [1.165, 1.54) is 11.3 Å². The van der Waals surface area contributed by atoms with Gasteiger partial charge in [0, 0.05) is 44.5 Å². The predicted molar refractivity (Wildman–Crippen MR) is 121 cm³/mol. The Bertz CT molecular complexity index is 1130. The van der Waals surface area contributed by atoms with Crippen LogP contribution in [0.4, 0.5) is 5.69 Å². The smallest absolute Gasteiger partial charge is 0.264 e. The van der Waals surface area contributed by atoms with Crippen molar-refractivity contribution >= 4 is 45.5 Å². The number of amides is 3. The second kappa shape index (κ2) is 8.15. The van der Waals surface area contributed by atoms with Crippen LogP contribution in [-0.4, -0.2) is 60.2 Å². The van der Waals surface area contributed by atoms with Crippen molar-refractivity contribution in [2.75, 3.05) is 37.6 Å². The minimum atomic E-state index is -0.342. The Morgan fingerprint density at radius 2 is 1.61 bits per heavy atom. The highest BCUT2D eigenvalue weighted by Gasteiger charge is 2.38. The van der Waals surface area contributed by atoms with E-state index < -0.39 is 0 Å². The first-order valence-corrected chi connectivity index (χ1v) is 11.4. The molecule has 2 saturated heterocycles. The van der Waals surface area contributed by atoms with Crippen molar-refractivity contribution in [3.63, 3.8) is 0 Å². The molecule has 0 aliphatic carbocycles. The highest BCUT2D eigenvalue weighted by atomic mass is 32.1. The zero-order valence-electron chi connectivity index (χ0n) is 17.1. The van der Waals surface area contributed by atoms with E-state index in [0.717, 1.165) is 21.3 Å². The number of fused-ring (bicyclic) bond motifs is 1. The number of piperazine rings is 1. The summed E-state index contributed by atoms with van der Waals surface area (Å²) < 4.78 is 0. The third kappa shape index (κ3) is 3.70. The van der Waals surface area contributed by atoms with Crippen LogP contribution in [0.2, 0.25) is 0 Å². The molecule has 6 nitrogen and oxygen atoms in total. The molecule has 1 atom stereocenters. The third-order valence-corrected chi connectivity index (χ3v) is 7.00. The summed E-state index contributed by atoms with van der Waals surface area (Å²) in [5, 5.41) is 3.99. The van der Waals surface area contributed by atoms with E-state index in [9.17, 15) is 14.4 Å². The molecule has 3 heterocycles. The molecule has 3 amide bonds. The van der Waals surface area contributed by atoms with E-state index in [2.05, 4.69) is 0 Å². The van der Waals surface area contributed by atoms with Crippen LogP contribution in [-0.2, 0) is 9.59 Å². The third-order valence-electron chi connectivity index (χ3n) is 6.14. The number of hydrogen-bond donors (Lipinski definition) is 0. The Morgan fingerprint density at radius 1 is 0.871 bits per heavy atom. The van der Waals surface area contributed by atoms with Gasteiger partial charge in [0.1, 0.15) is 0 Å². The van der Waals surface area contributed by atoms with E-state index in [1.54, 1.807) is 9.80 Å². The normalized spacial score (nSPS) is 19.3. The predicted octanol–water partition coefficient (Wildman–Crippen LogP) is 3.24. The van der Waals surface area contributed by atoms with Gasteiger partial charge in [-0.3, -0.25) is 14.4 Å². The summed E-state index contributed by atoms with van der Waals surface area (Å²) in [5.74, 6) is -0.313. The average Bonchev–Trinajstić information content (AvgIpc) is 3.48. The van der Waals surface area contributed by atoms with Gasteiger partial charge in [-0.25, -0.2) is 0 Å². The number of benzene rings is 2. The number of carbonyl (C=O) groups is 3. The highest BCUT2D eigenvalue weighted by molar-refractivity contribution is 7.12. The van der Waals surface area contributed by atoms with Crippen molar-refractivity contribution in [2.24, 2.45) is 5.92 Å². The fourth-order valence-electron chi connectivity index (χ4n) is 4.49. The number of rotatable bonds is 3. The van der Waals surface area contributed by atoms with Crippen molar-refractivity contribution in [3.8, 4) is 0 Å². The number of nitrogens with zero attached hydrogens (tertiary/aromatic N) is 3. The van der Waals surface area contributed by atoms with E-state index in [-0.39, 0.29) is 30.1 Å². The number of carbonyl (C=O) groups excluding carboxylic acids is 3. The van der Waals surface area contributed by atoms with Crippen LogP contribution >= 0.6 is 11.3 Å². The van der Waals surface area contributed by atoms with Gasteiger partial charge in [0.25, 0.3) is 5.91 Å². The molecule has 3 aromatic rings. The zero-order valence-corrected chi connectivity index (χ0v) is 17.9. The minimum Gasteiger partial charge on any atom is -0.339 e. The number of hydrogen-bond acceptors (Lipinski definition) is 4. The monoisotopic (exact) mass is 433 g/mol. The summed E-state index contributed by atoms with van der Waals surface area (Å²) in [6, 6.07) is 17.6. The molecule has 0 saturated carbocycles. The molecule has 0 radical (unpaired) electrons. The van der Waals surface area contributed by atoms with Crippen molar-refractivity contribution in [1.29, 1.82) is 0 Å². The van der Waals surface area contributed by atoms with Crippen molar-refractivity contribution < 1.29 is 14.4 Å². The molecular weight excluding hydrogens is 410 g/mol. The van der Waals surface area contributed by atoms with Gasteiger partial charge >= 0.3 is 0 Å². The fraction of sp³-hybridized carbons (Fsp3) is 0.292. The van der Waals surface area contributed by atoms with Crippen LogP contribution < -0.4 is 4.90 Å². The molecular formula is C24H23N3O3S. The maximum atomic E-state index is 13.1. The first-order valence-electron chi connectivity index (χ1n) is 10.5. The highest BCUT2D eigenvalue weighted by Crippen LogP contribution is 2.32. The van der Waals surface area contributed by atoms with Gasteiger partial charge in [0.05, 0.1) is 16.5 Å². The molecule has 0 unspecified atom stereocenters. The molecule has 2 aliphatic heterocycles. The minimum absolute atomic E-state index is 0.0128. The van der Waals surface area contributed by atoms with Gasteiger partial charge in [-0.05, 0) is 22.9 Å². The SMILES string of the molecule is O=C(c1cccs1)N1CCN(C(=O)[C@H]2CC(=O)N(c3cccc4ccccc34)C2)CC1. The molecule has 0 N–H and O–H groups in total. The Balaban J connectivity index is 1.25. The van der Waals surface area contributed by atoms with Gasteiger partial charge in [-0.15, -0.1) is 11.3 Å². The Kier molecular flexibility index (Phi) is 5.19. The van der Waals surface area contributed by atoms with Crippen molar-refractivity contribution in [1.82, 2.24) is 9.80 Å². The van der Waals surface area contributed by atoms with Gasteiger partial charge in [0.15, 0.2) is 0 Å². The Hall–Kier alpha value is -3.19. The standard InChI is InChI=1S/C24H23N3O3S/c28-22-15-18(16-27(22)20-8-3-6-17-5-1-2-7-19(17)20)23(29)25-10-12-26(13-11-25)24(30)21-9-4-14-31-21/h1-9,14,18H,10-13,15-16H2/t18-/m0/s1. The van der Waals surface area contributed by atoms with E-state index >= 15 is 0 Å². The van der Waals surface area contributed by atoms with Crippen molar-refractivity contribution in [3.05, 3.63) is 64.9 Å². The largest absolute Gasteiger partial charge is 0.339 e. The lowest BCUT2D eigenvalue weighted by Crippen LogP contribution is -2.52. The summed E-state index contributed by atoms with van der Waals surface area (Å²) >= 11 is 1.44. The molecule has 1 aromatic heterocycles. The van der Waals surface area contributed by atoms with Crippen molar-refractivity contribution in [2.45, 2.75) is 6.42 Å².